The van der Waals surface area contributed by atoms with Crippen molar-refractivity contribution in [3.63, 3.8) is 0 Å². The Labute approximate surface area is 185 Å². The van der Waals surface area contributed by atoms with Crippen LogP contribution in [0.15, 0.2) is 82.4 Å². The van der Waals surface area contributed by atoms with E-state index in [2.05, 4.69) is 30.7 Å². The molecular weight excluding hydrogens is 477 g/mol. The van der Waals surface area contributed by atoms with Crippen LogP contribution in [0, 0.1) is 0 Å². The van der Waals surface area contributed by atoms with Crippen molar-refractivity contribution in [1.29, 1.82) is 0 Å². The fraction of sp³-hybridized carbons (Fsp3) is 0.0476. The summed E-state index contributed by atoms with van der Waals surface area (Å²) >= 11 is 17.4. The SMILES string of the molecule is Clc1ccc(CSc2nnc(-c3ccccc3Br)n2-c2ccccc2)cc1Cl. The molecule has 0 unspecified atom stereocenters. The summed E-state index contributed by atoms with van der Waals surface area (Å²) in [5.74, 6) is 1.49. The van der Waals surface area contributed by atoms with Crippen molar-refractivity contribution in [2.45, 2.75) is 10.9 Å². The Morgan fingerprint density at radius 3 is 2.36 bits per heavy atom. The molecule has 0 saturated carbocycles. The molecule has 1 aromatic heterocycles. The summed E-state index contributed by atoms with van der Waals surface area (Å²) in [5.41, 5.74) is 3.07. The van der Waals surface area contributed by atoms with Crippen LogP contribution in [0.2, 0.25) is 10.0 Å². The van der Waals surface area contributed by atoms with Crippen LogP contribution in [-0.4, -0.2) is 14.8 Å². The van der Waals surface area contributed by atoms with Crippen LogP contribution < -0.4 is 0 Å². The van der Waals surface area contributed by atoms with Gasteiger partial charge in [-0.15, -0.1) is 10.2 Å². The molecule has 0 spiro atoms. The molecule has 3 aromatic carbocycles. The first-order chi connectivity index (χ1) is 13.6. The van der Waals surface area contributed by atoms with E-state index in [0.29, 0.717) is 15.8 Å². The molecule has 3 nitrogen and oxygen atoms in total. The van der Waals surface area contributed by atoms with Gasteiger partial charge < -0.3 is 0 Å². The van der Waals surface area contributed by atoms with E-state index in [1.807, 2.05) is 72.8 Å². The molecule has 28 heavy (non-hydrogen) atoms. The highest BCUT2D eigenvalue weighted by atomic mass is 79.9. The van der Waals surface area contributed by atoms with E-state index in [1.54, 1.807) is 11.8 Å². The topological polar surface area (TPSA) is 30.7 Å². The lowest BCUT2D eigenvalue weighted by atomic mass is 10.2. The highest BCUT2D eigenvalue weighted by molar-refractivity contribution is 9.10. The number of halogens is 3. The second-order valence-corrected chi connectivity index (χ2v) is 8.61. The zero-order valence-electron chi connectivity index (χ0n) is 14.5. The zero-order valence-corrected chi connectivity index (χ0v) is 18.4. The molecule has 4 aromatic rings. The number of aromatic nitrogens is 3. The average molecular weight is 491 g/mol. The van der Waals surface area contributed by atoms with Crippen molar-refractivity contribution in [2.75, 3.05) is 0 Å². The van der Waals surface area contributed by atoms with E-state index < -0.39 is 0 Å². The molecule has 0 aliphatic heterocycles. The summed E-state index contributed by atoms with van der Waals surface area (Å²) in [4.78, 5) is 0. The van der Waals surface area contributed by atoms with Crippen molar-refractivity contribution in [3.05, 3.63) is 92.9 Å². The lowest BCUT2D eigenvalue weighted by Crippen LogP contribution is -2.00. The molecule has 0 fully saturated rings. The number of hydrogen-bond acceptors (Lipinski definition) is 3. The summed E-state index contributed by atoms with van der Waals surface area (Å²) in [7, 11) is 0. The second-order valence-electron chi connectivity index (χ2n) is 5.99. The minimum Gasteiger partial charge on any atom is -0.270 e. The number of benzene rings is 3. The lowest BCUT2D eigenvalue weighted by Gasteiger charge is -2.11. The van der Waals surface area contributed by atoms with Gasteiger partial charge in [0.25, 0.3) is 0 Å². The Balaban J connectivity index is 1.73. The van der Waals surface area contributed by atoms with Crippen LogP contribution in [0.4, 0.5) is 0 Å². The largest absolute Gasteiger partial charge is 0.270 e. The standard InChI is InChI=1S/C21H14BrCl2N3S/c22-17-9-5-4-8-16(17)20-25-26-21(27(20)15-6-2-1-3-7-15)28-13-14-10-11-18(23)19(24)12-14/h1-12H,13H2. The Morgan fingerprint density at radius 1 is 0.857 bits per heavy atom. The van der Waals surface area contributed by atoms with Crippen molar-refractivity contribution in [2.24, 2.45) is 0 Å². The van der Waals surface area contributed by atoms with E-state index in [1.165, 1.54) is 0 Å². The molecular formula is C21H14BrCl2N3S. The van der Waals surface area contributed by atoms with Gasteiger partial charge in [0.1, 0.15) is 0 Å². The lowest BCUT2D eigenvalue weighted by molar-refractivity contribution is 0.886. The van der Waals surface area contributed by atoms with Gasteiger partial charge in [-0.3, -0.25) is 4.57 Å². The monoisotopic (exact) mass is 489 g/mol. The summed E-state index contributed by atoms with van der Waals surface area (Å²) < 4.78 is 3.04. The molecule has 4 rings (SSSR count). The first-order valence-corrected chi connectivity index (χ1v) is 11.0. The third-order valence-electron chi connectivity index (χ3n) is 4.11. The van der Waals surface area contributed by atoms with Gasteiger partial charge in [-0.1, -0.05) is 93.4 Å². The van der Waals surface area contributed by atoms with Crippen LogP contribution in [0.5, 0.6) is 0 Å². The van der Waals surface area contributed by atoms with Gasteiger partial charge in [0.2, 0.25) is 0 Å². The Hall–Kier alpha value is -1.79. The Kier molecular flexibility index (Phi) is 6.07. The third kappa shape index (κ3) is 4.13. The third-order valence-corrected chi connectivity index (χ3v) is 6.55. The van der Waals surface area contributed by atoms with Gasteiger partial charge in [-0.2, -0.15) is 0 Å². The first-order valence-electron chi connectivity index (χ1n) is 8.46. The molecule has 0 radical (unpaired) electrons. The molecule has 0 saturated heterocycles. The maximum atomic E-state index is 6.14. The maximum Gasteiger partial charge on any atom is 0.196 e. The Bertz CT molecular complexity index is 1120. The number of nitrogens with zero attached hydrogens (tertiary/aromatic N) is 3. The highest BCUT2D eigenvalue weighted by Crippen LogP contribution is 2.33. The van der Waals surface area contributed by atoms with E-state index in [0.717, 1.165) is 32.3 Å². The van der Waals surface area contributed by atoms with E-state index in [4.69, 9.17) is 23.2 Å². The van der Waals surface area contributed by atoms with Crippen LogP contribution in [0.3, 0.4) is 0 Å². The molecule has 140 valence electrons. The highest BCUT2D eigenvalue weighted by Gasteiger charge is 2.18. The number of thioether (sulfide) groups is 1. The van der Waals surface area contributed by atoms with Gasteiger partial charge in [-0.25, -0.2) is 0 Å². The predicted octanol–water partition coefficient (Wildman–Crippen LogP) is 7.30. The van der Waals surface area contributed by atoms with Crippen molar-refractivity contribution in [3.8, 4) is 17.1 Å². The van der Waals surface area contributed by atoms with E-state index in [9.17, 15) is 0 Å². The van der Waals surface area contributed by atoms with E-state index in [-0.39, 0.29) is 0 Å². The fourth-order valence-electron chi connectivity index (χ4n) is 2.77. The average Bonchev–Trinajstić information content (AvgIpc) is 3.13. The van der Waals surface area contributed by atoms with Crippen molar-refractivity contribution < 1.29 is 0 Å². The van der Waals surface area contributed by atoms with Gasteiger partial charge in [0, 0.05) is 21.5 Å². The molecule has 0 aliphatic rings. The first kappa shape index (κ1) is 19.5. The summed E-state index contributed by atoms with van der Waals surface area (Å²) in [6.07, 6.45) is 0. The second kappa shape index (κ2) is 8.70. The number of hydrogen-bond donors (Lipinski definition) is 0. The summed E-state index contributed by atoms with van der Waals surface area (Å²) in [6, 6.07) is 23.8. The molecule has 0 bridgehead atoms. The van der Waals surface area contributed by atoms with E-state index >= 15 is 0 Å². The molecule has 0 atom stereocenters. The van der Waals surface area contributed by atoms with Gasteiger partial charge >= 0.3 is 0 Å². The summed E-state index contributed by atoms with van der Waals surface area (Å²) in [6.45, 7) is 0. The molecule has 0 N–H and O–H groups in total. The van der Waals surface area contributed by atoms with Crippen LogP contribution in [0.25, 0.3) is 17.1 Å². The van der Waals surface area contributed by atoms with Crippen LogP contribution in [-0.2, 0) is 5.75 Å². The van der Waals surface area contributed by atoms with Gasteiger partial charge in [0.15, 0.2) is 11.0 Å². The zero-order chi connectivity index (χ0) is 19.5. The molecule has 7 heteroatoms. The number of para-hydroxylation sites is 1. The van der Waals surface area contributed by atoms with Gasteiger partial charge in [-0.05, 0) is 35.9 Å². The maximum absolute atomic E-state index is 6.14. The molecule has 0 aliphatic carbocycles. The van der Waals surface area contributed by atoms with Crippen molar-refractivity contribution in [1.82, 2.24) is 14.8 Å². The number of rotatable bonds is 5. The molecule has 1 heterocycles. The minimum absolute atomic E-state index is 0.554. The van der Waals surface area contributed by atoms with Gasteiger partial charge in [0.05, 0.1) is 10.0 Å². The van der Waals surface area contributed by atoms with Crippen LogP contribution >= 0.6 is 50.9 Å². The molecule has 0 amide bonds. The minimum atomic E-state index is 0.554. The fourth-order valence-corrected chi connectivity index (χ4v) is 4.45. The quantitative estimate of drug-likeness (QED) is 0.275. The Morgan fingerprint density at radius 2 is 1.61 bits per heavy atom. The van der Waals surface area contributed by atoms with Crippen molar-refractivity contribution >= 4 is 50.9 Å². The summed E-state index contributed by atoms with van der Waals surface area (Å²) in [5, 5.41) is 10.9. The predicted molar refractivity (Wildman–Crippen MR) is 121 cm³/mol. The smallest absolute Gasteiger partial charge is 0.196 e. The normalized spacial score (nSPS) is 11.0. The van der Waals surface area contributed by atoms with Crippen LogP contribution in [0.1, 0.15) is 5.56 Å².